The van der Waals surface area contributed by atoms with Crippen LogP contribution in [-0.2, 0) is 11.3 Å². The topological polar surface area (TPSA) is 43.9 Å². The Balaban J connectivity index is 1.42. The van der Waals surface area contributed by atoms with Crippen LogP contribution in [0.15, 0.2) is 54.6 Å². The molecule has 0 N–H and O–H groups in total. The minimum absolute atomic E-state index is 0.0321. The van der Waals surface area contributed by atoms with Crippen LogP contribution >= 0.6 is 0 Å². The van der Waals surface area contributed by atoms with Gasteiger partial charge in [-0.25, -0.2) is 0 Å². The van der Waals surface area contributed by atoms with Crippen LogP contribution in [0.25, 0.3) is 0 Å². The Kier molecular flexibility index (Phi) is 5.21. The summed E-state index contributed by atoms with van der Waals surface area (Å²) in [4.78, 5) is 31.3. The smallest absolute Gasteiger partial charge is 0.256 e. The van der Waals surface area contributed by atoms with E-state index >= 15 is 0 Å². The maximum Gasteiger partial charge on any atom is 0.256 e. The van der Waals surface area contributed by atoms with E-state index in [-0.39, 0.29) is 11.8 Å². The zero-order chi connectivity index (χ0) is 18.6. The molecule has 2 fully saturated rings. The van der Waals surface area contributed by atoms with Crippen LogP contribution in [0.2, 0.25) is 0 Å². The van der Waals surface area contributed by atoms with Gasteiger partial charge in [0.15, 0.2) is 0 Å². The fourth-order valence-electron chi connectivity index (χ4n) is 3.91. The van der Waals surface area contributed by atoms with Gasteiger partial charge in [0.2, 0.25) is 5.91 Å². The highest BCUT2D eigenvalue weighted by atomic mass is 16.2. The van der Waals surface area contributed by atoms with Gasteiger partial charge in [-0.2, -0.15) is 0 Å². The molecule has 0 radical (unpaired) electrons. The molecule has 2 saturated heterocycles. The number of para-hydroxylation sites is 1. The minimum atomic E-state index is 0.0321. The van der Waals surface area contributed by atoms with Crippen molar-refractivity contribution in [2.75, 3.05) is 37.6 Å². The van der Waals surface area contributed by atoms with Gasteiger partial charge in [-0.15, -0.1) is 0 Å². The second-order valence-electron chi connectivity index (χ2n) is 7.22. The number of rotatable bonds is 4. The summed E-state index contributed by atoms with van der Waals surface area (Å²) in [5, 5.41) is 0. The largest absolute Gasteiger partial charge is 0.336 e. The van der Waals surface area contributed by atoms with E-state index in [1.54, 1.807) is 4.90 Å². The molecular formula is C22H25N3O2. The van der Waals surface area contributed by atoms with Crippen LogP contribution in [0.3, 0.4) is 0 Å². The number of carbonyl (C=O) groups is 2. The number of anilines is 1. The highest BCUT2D eigenvalue weighted by Gasteiger charge is 2.28. The summed E-state index contributed by atoms with van der Waals surface area (Å²) >= 11 is 0. The molecule has 2 heterocycles. The Hall–Kier alpha value is -2.66. The van der Waals surface area contributed by atoms with Crippen molar-refractivity contribution in [2.45, 2.75) is 19.4 Å². The van der Waals surface area contributed by atoms with Crippen molar-refractivity contribution < 1.29 is 9.59 Å². The minimum Gasteiger partial charge on any atom is -0.336 e. The predicted molar refractivity (Wildman–Crippen MR) is 106 cm³/mol. The molecule has 4 rings (SSSR count). The molecule has 27 heavy (non-hydrogen) atoms. The molecule has 2 amide bonds. The monoisotopic (exact) mass is 363 g/mol. The van der Waals surface area contributed by atoms with Gasteiger partial charge >= 0.3 is 0 Å². The van der Waals surface area contributed by atoms with Crippen molar-refractivity contribution >= 4 is 17.5 Å². The van der Waals surface area contributed by atoms with Crippen LogP contribution in [0.4, 0.5) is 5.69 Å². The molecular weight excluding hydrogens is 338 g/mol. The van der Waals surface area contributed by atoms with Crippen LogP contribution in [-0.4, -0.2) is 54.3 Å². The third kappa shape index (κ3) is 3.88. The molecule has 2 aliphatic rings. The third-order valence-corrected chi connectivity index (χ3v) is 5.41. The summed E-state index contributed by atoms with van der Waals surface area (Å²) in [6.45, 7) is 4.79. The van der Waals surface area contributed by atoms with Crippen molar-refractivity contribution in [3.05, 3.63) is 65.7 Å². The molecule has 0 bridgehead atoms. The summed E-state index contributed by atoms with van der Waals surface area (Å²) < 4.78 is 0. The predicted octanol–water partition coefficient (Wildman–Crippen LogP) is 2.77. The number of carbonyl (C=O) groups excluding carboxylic acids is 2. The molecule has 0 spiro atoms. The lowest BCUT2D eigenvalue weighted by molar-refractivity contribution is -0.117. The van der Waals surface area contributed by atoms with E-state index in [2.05, 4.69) is 29.2 Å². The first kappa shape index (κ1) is 17.7. The Labute approximate surface area is 160 Å². The lowest BCUT2D eigenvalue weighted by atomic mass is 10.1. The quantitative estimate of drug-likeness (QED) is 0.839. The number of hydrogen-bond donors (Lipinski definition) is 0. The first-order chi connectivity index (χ1) is 13.2. The lowest BCUT2D eigenvalue weighted by Gasteiger charge is -2.35. The molecule has 0 aliphatic carbocycles. The summed E-state index contributed by atoms with van der Waals surface area (Å²) in [5.74, 6) is 0.146. The van der Waals surface area contributed by atoms with E-state index < -0.39 is 0 Å². The van der Waals surface area contributed by atoms with Crippen LogP contribution in [0.1, 0.15) is 28.8 Å². The Morgan fingerprint density at radius 2 is 1.56 bits per heavy atom. The van der Waals surface area contributed by atoms with Crippen molar-refractivity contribution in [2.24, 2.45) is 0 Å². The van der Waals surface area contributed by atoms with Crippen LogP contribution < -0.4 is 4.90 Å². The van der Waals surface area contributed by atoms with E-state index in [4.69, 9.17) is 0 Å². The van der Waals surface area contributed by atoms with Crippen molar-refractivity contribution in [1.82, 2.24) is 9.80 Å². The fraction of sp³-hybridized carbons (Fsp3) is 0.364. The molecule has 0 atom stereocenters. The average Bonchev–Trinajstić information content (AvgIpc) is 3.14. The highest BCUT2D eigenvalue weighted by molar-refractivity contribution is 6.05. The highest BCUT2D eigenvalue weighted by Crippen LogP contribution is 2.26. The van der Waals surface area contributed by atoms with Gasteiger partial charge in [0.05, 0.1) is 11.3 Å². The number of nitrogens with zero attached hydrogens (tertiary/aromatic N) is 3. The summed E-state index contributed by atoms with van der Waals surface area (Å²) in [7, 11) is 0. The molecule has 2 aromatic carbocycles. The molecule has 2 aromatic rings. The van der Waals surface area contributed by atoms with Gasteiger partial charge in [-0.05, 0) is 24.1 Å². The molecule has 2 aliphatic heterocycles. The van der Waals surface area contributed by atoms with E-state index in [0.29, 0.717) is 31.6 Å². The van der Waals surface area contributed by atoms with E-state index in [9.17, 15) is 9.59 Å². The number of benzene rings is 2. The number of hydrogen-bond acceptors (Lipinski definition) is 3. The van der Waals surface area contributed by atoms with Gasteiger partial charge in [0.1, 0.15) is 0 Å². The normalized spacial score (nSPS) is 18.1. The summed E-state index contributed by atoms with van der Waals surface area (Å²) in [6, 6.07) is 17.9. The molecule has 0 saturated carbocycles. The lowest BCUT2D eigenvalue weighted by Crippen LogP contribution is -2.48. The summed E-state index contributed by atoms with van der Waals surface area (Å²) in [5.41, 5.74) is 2.70. The number of amides is 2. The molecule has 5 heteroatoms. The van der Waals surface area contributed by atoms with Crippen molar-refractivity contribution in [1.29, 1.82) is 0 Å². The SMILES string of the molecule is O=C(c1ccccc1N1CCCC1=O)N1CCN(Cc2ccccc2)CC1. The fourth-order valence-corrected chi connectivity index (χ4v) is 3.91. The van der Waals surface area contributed by atoms with Gasteiger partial charge in [-0.3, -0.25) is 14.5 Å². The molecule has 140 valence electrons. The first-order valence-electron chi connectivity index (χ1n) is 9.67. The zero-order valence-electron chi connectivity index (χ0n) is 15.5. The van der Waals surface area contributed by atoms with Crippen LogP contribution in [0.5, 0.6) is 0 Å². The van der Waals surface area contributed by atoms with Gasteiger partial charge in [-0.1, -0.05) is 42.5 Å². The zero-order valence-corrected chi connectivity index (χ0v) is 15.5. The van der Waals surface area contributed by atoms with E-state index in [1.807, 2.05) is 35.2 Å². The van der Waals surface area contributed by atoms with Gasteiger partial charge in [0.25, 0.3) is 5.91 Å². The number of piperazine rings is 1. The van der Waals surface area contributed by atoms with E-state index in [1.165, 1.54) is 5.56 Å². The second kappa shape index (κ2) is 7.92. The first-order valence-corrected chi connectivity index (χ1v) is 9.67. The van der Waals surface area contributed by atoms with Gasteiger partial charge in [0, 0.05) is 45.7 Å². The standard InChI is InChI=1S/C22H25N3O2/c26-21-11-6-12-25(21)20-10-5-4-9-19(20)22(27)24-15-13-23(14-16-24)17-18-7-2-1-3-8-18/h1-5,7-10H,6,11-17H2. The average molecular weight is 363 g/mol. The summed E-state index contributed by atoms with van der Waals surface area (Å²) in [6.07, 6.45) is 1.43. The Morgan fingerprint density at radius 1 is 0.852 bits per heavy atom. The van der Waals surface area contributed by atoms with Crippen molar-refractivity contribution in [3.63, 3.8) is 0 Å². The van der Waals surface area contributed by atoms with Gasteiger partial charge < -0.3 is 9.80 Å². The molecule has 5 nitrogen and oxygen atoms in total. The molecule has 0 aromatic heterocycles. The molecule has 0 unspecified atom stereocenters. The third-order valence-electron chi connectivity index (χ3n) is 5.41. The Bertz CT molecular complexity index is 813. The maximum absolute atomic E-state index is 13.1. The van der Waals surface area contributed by atoms with Crippen molar-refractivity contribution in [3.8, 4) is 0 Å². The Morgan fingerprint density at radius 3 is 2.26 bits per heavy atom. The van der Waals surface area contributed by atoms with Crippen LogP contribution in [0, 0.1) is 0 Å². The maximum atomic E-state index is 13.1. The van der Waals surface area contributed by atoms with E-state index in [0.717, 1.165) is 31.7 Å². The second-order valence-corrected chi connectivity index (χ2v) is 7.22.